The van der Waals surface area contributed by atoms with E-state index in [-0.39, 0.29) is 5.97 Å². The van der Waals surface area contributed by atoms with Crippen LogP contribution in [0, 0.1) is 13.8 Å². The van der Waals surface area contributed by atoms with Crippen LogP contribution in [0.5, 0.6) is 0 Å². The fourth-order valence-electron chi connectivity index (χ4n) is 1.58. The molecule has 0 saturated carbocycles. The van der Waals surface area contributed by atoms with Crippen molar-refractivity contribution in [3.8, 4) is 0 Å². The van der Waals surface area contributed by atoms with Crippen molar-refractivity contribution in [3.05, 3.63) is 29.3 Å². The normalized spacial score (nSPS) is 10.4. The van der Waals surface area contributed by atoms with Crippen molar-refractivity contribution in [2.75, 3.05) is 18.2 Å². The molecule has 0 unspecified atom stereocenters. The molecule has 0 aliphatic carbocycles. The average molecular weight is 323 g/mol. The fourth-order valence-corrected chi connectivity index (χ4v) is 3.35. The topological polar surface area (TPSA) is 64.1 Å². The number of carbonyl (C=O) groups excluding carboxylic acids is 1. The van der Waals surface area contributed by atoms with Gasteiger partial charge in [0.2, 0.25) is 5.13 Å². The number of aryl methyl sites for hydroxylation is 2. The number of esters is 1. The SMILES string of the molecule is COC(=O)CCSc1nnc(Nc2ccc(C)c(C)c2)s1. The number of hydrogen-bond donors (Lipinski definition) is 1. The van der Waals surface area contributed by atoms with Crippen LogP contribution < -0.4 is 5.32 Å². The van der Waals surface area contributed by atoms with Gasteiger partial charge in [-0.2, -0.15) is 0 Å². The second-order valence-corrected chi connectivity index (χ2v) is 6.79. The minimum atomic E-state index is -0.208. The Hall–Kier alpha value is -1.60. The maximum atomic E-state index is 11.0. The number of ether oxygens (including phenoxy) is 1. The Bertz CT molecular complexity index is 628. The smallest absolute Gasteiger partial charge is 0.306 e. The zero-order valence-electron chi connectivity index (χ0n) is 12.2. The highest BCUT2D eigenvalue weighted by Crippen LogP contribution is 2.28. The lowest BCUT2D eigenvalue weighted by atomic mass is 10.1. The number of aromatic nitrogens is 2. The van der Waals surface area contributed by atoms with Crippen LogP contribution in [0.3, 0.4) is 0 Å². The van der Waals surface area contributed by atoms with E-state index in [1.165, 1.54) is 41.3 Å². The van der Waals surface area contributed by atoms with Crippen molar-refractivity contribution < 1.29 is 9.53 Å². The first-order valence-corrected chi connectivity index (χ1v) is 8.26. The first kappa shape index (κ1) is 15.8. The number of thioether (sulfide) groups is 1. The van der Waals surface area contributed by atoms with E-state index in [0.717, 1.165) is 15.2 Å². The van der Waals surface area contributed by atoms with Gasteiger partial charge in [-0.3, -0.25) is 4.79 Å². The second kappa shape index (κ2) is 7.42. The van der Waals surface area contributed by atoms with Gasteiger partial charge in [0.1, 0.15) is 0 Å². The van der Waals surface area contributed by atoms with Gasteiger partial charge in [-0.25, -0.2) is 0 Å². The van der Waals surface area contributed by atoms with Crippen LogP contribution in [-0.4, -0.2) is 29.0 Å². The van der Waals surface area contributed by atoms with Crippen LogP contribution in [0.2, 0.25) is 0 Å². The molecule has 0 aliphatic rings. The minimum Gasteiger partial charge on any atom is -0.469 e. The van der Waals surface area contributed by atoms with Crippen molar-refractivity contribution in [1.29, 1.82) is 0 Å². The van der Waals surface area contributed by atoms with E-state index in [0.29, 0.717) is 12.2 Å². The van der Waals surface area contributed by atoms with Crippen molar-refractivity contribution >= 4 is 39.9 Å². The molecule has 1 heterocycles. The number of methoxy groups -OCH3 is 1. The molecule has 112 valence electrons. The van der Waals surface area contributed by atoms with E-state index in [1.54, 1.807) is 0 Å². The van der Waals surface area contributed by atoms with Crippen molar-refractivity contribution in [3.63, 3.8) is 0 Å². The van der Waals surface area contributed by atoms with Gasteiger partial charge in [-0.15, -0.1) is 10.2 Å². The molecule has 0 bridgehead atoms. The summed E-state index contributed by atoms with van der Waals surface area (Å²) >= 11 is 2.98. The molecule has 0 fully saturated rings. The molecule has 2 rings (SSSR count). The predicted octanol–water partition coefficient (Wildman–Crippen LogP) is 3.55. The molecule has 0 spiro atoms. The number of anilines is 2. The average Bonchev–Trinajstić information content (AvgIpc) is 2.90. The summed E-state index contributed by atoms with van der Waals surface area (Å²) in [6.07, 6.45) is 0.376. The molecule has 1 aromatic heterocycles. The third-order valence-corrected chi connectivity index (χ3v) is 4.90. The first-order valence-electron chi connectivity index (χ1n) is 6.46. The fraction of sp³-hybridized carbons (Fsp3) is 0.357. The molecular weight excluding hydrogens is 306 g/mol. The van der Waals surface area contributed by atoms with Crippen molar-refractivity contribution in [2.45, 2.75) is 24.6 Å². The Kier molecular flexibility index (Phi) is 5.58. The second-order valence-electron chi connectivity index (χ2n) is 4.47. The molecule has 0 aliphatic heterocycles. The van der Waals surface area contributed by atoms with Crippen LogP contribution in [0.1, 0.15) is 17.5 Å². The Morgan fingerprint density at radius 2 is 2.14 bits per heavy atom. The van der Waals surface area contributed by atoms with E-state index in [1.807, 2.05) is 6.07 Å². The Labute approximate surface area is 132 Å². The molecule has 2 aromatic rings. The van der Waals surface area contributed by atoms with Gasteiger partial charge >= 0.3 is 5.97 Å². The van der Waals surface area contributed by atoms with Gasteiger partial charge in [0, 0.05) is 11.4 Å². The highest BCUT2D eigenvalue weighted by Gasteiger charge is 2.07. The summed E-state index contributed by atoms with van der Waals surface area (Å²) in [5.74, 6) is 0.436. The van der Waals surface area contributed by atoms with Crippen LogP contribution in [-0.2, 0) is 9.53 Å². The molecule has 21 heavy (non-hydrogen) atoms. The monoisotopic (exact) mass is 323 g/mol. The highest BCUT2D eigenvalue weighted by molar-refractivity contribution is 8.01. The third kappa shape index (κ3) is 4.71. The molecule has 1 N–H and O–H groups in total. The summed E-state index contributed by atoms with van der Waals surface area (Å²) in [6, 6.07) is 6.18. The minimum absolute atomic E-state index is 0.208. The van der Waals surface area contributed by atoms with E-state index < -0.39 is 0 Å². The Morgan fingerprint density at radius 1 is 1.33 bits per heavy atom. The van der Waals surface area contributed by atoms with E-state index in [2.05, 4.69) is 46.2 Å². The number of hydrogen-bond acceptors (Lipinski definition) is 7. The standard InChI is InChI=1S/C14H17N3O2S2/c1-9-4-5-11(8-10(9)2)15-13-16-17-14(21-13)20-7-6-12(18)19-3/h4-5,8H,6-7H2,1-3H3,(H,15,16). The predicted molar refractivity (Wildman–Crippen MR) is 86.5 cm³/mol. The molecule has 0 atom stereocenters. The number of rotatable bonds is 6. The summed E-state index contributed by atoms with van der Waals surface area (Å²) < 4.78 is 5.43. The van der Waals surface area contributed by atoms with Crippen molar-refractivity contribution in [2.24, 2.45) is 0 Å². The van der Waals surface area contributed by atoms with Gasteiger partial charge < -0.3 is 10.1 Å². The van der Waals surface area contributed by atoms with E-state index >= 15 is 0 Å². The molecule has 0 amide bonds. The third-order valence-electron chi connectivity index (χ3n) is 2.92. The Morgan fingerprint density at radius 3 is 2.86 bits per heavy atom. The van der Waals surface area contributed by atoms with Gasteiger partial charge in [0.15, 0.2) is 4.34 Å². The maximum absolute atomic E-state index is 11.0. The zero-order chi connectivity index (χ0) is 15.2. The van der Waals surface area contributed by atoms with Crippen molar-refractivity contribution in [1.82, 2.24) is 10.2 Å². The number of nitrogens with zero attached hydrogens (tertiary/aromatic N) is 2. The lowest BCUT2D eigenvalue weighted by molar-refractivity contribution is -0.140. The van der Waals surface area contributed by atoms with Crippen LogP contribution in [0.25, 0.3) is 0 Å². The number of benzene rings is 1. The van der Waals surface area contributed by atoms with Gasteiger partial charge in [0.05, 0.1) is 13.5 Å². The lowest BCUT2D eigenvalue weighted by Gasteiger charge is -2.05. The molecule has 0 saturated heterocycles. The van der Waals surface area contributed by atoms with Gasteiger partial charge in [-0.1, -0.05) is 29.2 Å². The summed E-state index contributed by atoms with van der Waals surface area (Å²) in [7, 11) is 1.39. The molecule has 7 heteroatoms. The van der Waals surface area contributed by atoms with Crippen LogP contribution in [0.4, 0.5) is 10.8 Å². The van der Waals surface area contributed by atoms with Crippen LogP contribution >= 0.6 is 23.1 Å². The van der Waals surface area contributed by atoms with Crippen LogP contribution in [0.15, 0.2) is 22.5 Å². The quantitative estimate of drug-likeness (QED) is 0.648. The zero-order valence-corrected chi connectivity index (χ0v) is 13.8. The lowest BCUT2D eigenvalue weighted by Crippen LogP contribution is -2.00. The summed E-state index contributed by atoms with van der Waals surface area (Å²) in [5, 5.41) is 12.2. The first-order chi connectivity index (χ1) is 10.1. The summed E-state index contributed by atoms with van der Waals surface area (Å²) in [4.78, 5) is 11.0. The van der Waals surface area contributed by atoms with E-state index in [4.69, 9.17) is 0 Å². The number of nitrogens with one attached hydrogen (secondary N) is 1. The molecule has 1 aromatic carbocycles. The van der Waals surface area contributed by atoms with Gasteiger partial charge in [0.25, 0.3) is 0 Å². The largest absolute Gasteiger partial charge is 0.469 e. The van der Waals surface area contributed by atoms with E-state index in [9.17, 15) is 4.79 Å². The molecular formula is C14H17N3O2S2. The summed E-state index contributed by atoms with van der Waals surface area (Å²) in [6.45, 7) is 4.16. The highest BCUT2D eigenvalue weighted by atomic mass is 32.2. The number of carbonyl (C=O) groups is 1. The molecule has 0 radical (unpaired) electrons. The Balaban J connectivity index is 1.90. The summed E-state index contributed by atoms with van der Waals surface area (Å²) in [5.41, 5.74) is 3.49. The molecule has 5 nitrogen and oxygen atoms in total. The van der Waals surface area contributed by atoms with Gasteiger partial charge in [-0.05, 0) is 37.1 Å². The maximum Gasteiger partial charge on any atom is 0.306 e.